The van der Waals surface area contributed by atoms with Gasteiger partial charge in [0.05, 0.1) is 5.39 Å². The van der Waals surface area contributed by atoms with Crippen LogP contribution in [0.15, 0.2) is 36.4 Å². The summed E-state index contributed by atoms with van der Waals surface area (Å²) in [5.74, 6) is 3.54. The van der Waals surface area contributed by atoms with E-state index < -0.39 is 0 Å². The van der Waals surface area contributed by atoms with E-state index in [1.165, 1.54) is 46.3 Å². The zero-order chi connectivity index (χ0) is 22.4. The molecule has 3 heterocycles. The molecule has 3 aliphatic rings. The minimum absolute atomic E-state index is 0.0897. The molecule has 1 amide bonds. The molecule has 33 heavy (non-hydrogen) atoms. The fourth-order valence-corrected chi connectivity index (χ4v) is 6.45. The summed E-state index contributed by atoms with van der Waals surface area (Å²) in [7, 11) is 0. The van der Waals surface area contributed by atoms with Crippen molar-refractivity contribution in [1.82, 2.24) is 14.9 Å². The van der Waals surface area contributed by atoms with Gasteiger partial charge in [-0.05, 0) is 55.2 Å². The molecule has 6 heteroatoms. The number of aromatic nitrogens is 2. The zero-order valence-corrected chi connectivity index (χ0v) is 20.0. The molecule has 6 rings (SSSR count). The number of nitrogens with zero attached hydrogens (tertiary/aromatic N) is 4. The summed E-state index contributed by atoms with van der Waals surface area (Å²) >= 11 is 1.90. The van der Waals surface area contributed by atoms with Crippen molar-refractivity contribution in [2.45, 2.75) is 44.9 Å². The van der Waals surface area contributed by atoms with E-state index >= 15 is 0 Å². The third kappa shape index (κ3) is 4.17. The molecule has 3 aromatic rings. The summed E-state index contributed by atoms with van der Waals surface area (Å²) in [5.41, 5.74) is 2.55. The predicted molar refractivity (Wildman–Crippen MR) is 135 cm³/mol. The standard InChI is InChI=1S/C27H30N4OS/c1-18-7-11-21-22(17-18)33-27-24(21)26(28-25(29-27)20-9-10-20)31-15-13-30(14-16-31)23(32)12-8-19-5-3-2-4-6-19/h2-6,8,12,18,20H,7,9-11,13-17H2,1H3/b12-8+. The van der Waals surface area contributed by atoms with Gasteiger partial charge in [0, 0.05) is 43.1 Å². The second-order valence-corrected chi connectivity index (χ2v) is 10.9. The van der Waals surface area contributed by atoms with Crippen LogP contribution >= 0.6 is 11.3 Å². The van der Waals surface area contributed by atoms with Crippen molar-refractivity contribution in [2.24, 2.45) is 5.92 Å². The van der Waals surface area contributed by atoms with Crippen LogP contribution in [0.2, 0.25) is 0 Å². The summed E-state index contributed by atoms with van der Waals surface area (Å²) in [6.07, 6.45) is 9.59. The Balaban J connectivity index is 1.24. The number of thiophene rings is 1. The lowest BCUT2D eigenvalue weighted by Gasteiger charge is -2.35. The van der Waals surface area contributed by atoms with Gasteiger partial charge >= 0.3 is 0 Å². The minimum atomic E-state index is 0.0897. The number of hydrogen-bond donors (Lipinski definition) is 0. The summed E-state index contributed by atoms with van der Waals surface area (Å²) < 4.78 is 0. The summed E-state index contributed by atoms with van der Waals surface area (Å²) in [5, 5.41) is 1.30. The van der Waals surface area contributed by atoms with Gasteiger partial charge in [0.15, 0.2) is 0 Å². The van der Waals surface area contributed by atoms with E-state index in [9.17, 15) is 4.79 Å². The molecule has 0 bridgehead atoms. The topological polar surface area (TPSA) is 49.3 Å². The molecule has 2 fully saturated rings. The highest BCUT2D eigenvalue weighted by Crippen LogP contribution is 2.44. The van der Waals surface area contributed by atoms with E-state index in [-0.39, 0.29) is 5.91 Å². The Hall–Kier alpha value is -2.73. The van der Waals surface area contributed by atoms with Crippen LogP contribution in [0.1, 0.15) is 53.9 Å². The monoisotopic (exact) mass is 458 g/mol. The van der Waals surface area contributed by atoms with Crippen LogP contribution in [0, 0.1) is 5.92 Å². The molecule has 1 atom stereocenters. The molecule has 0 spiro atoms. The largest absolute Gasteiger partial charge is 0.352 e. The average Bonchev–Trinajstić information content (AvgIpc) is 3.63. The Labute approximate surface area is 199 Å². The first-order valence-corrected chi connectivity index (χ1v) is 13.1. The van der Waals surface area contributed by atoms with Crippen molar-refractivity contribution >= 4 is 39.4 Å². The van der Waals surface area contributed by atoms with Gasteiger partial charge in [-0.1, -0.05) is 37.3 Å². The Kier molecular flexibility index (Phi) is 5.41. The smallest absolute Gasteiger partial charge is 0.246 e. The Morgan fingerprint density at radius 1 is 1.06 bits per heavy atom. The van der Waals surface area contributed by atoms with Crippen LogP contribution in [0.5, 0.6) is 0 Å². The normalized spacial score (nSPS) is 21.1. The van der Waals surface area contributed by atoms with E-state index in [0.29, 0.717) is 5.92 Å². The molecular formula is C27H30N4OS. The second-order valence-electron chi connectivity index (χ2n) is 9.77. The van der Waals surface area contributed by atoms with Gasteiger partial charge < -0.3 is 9.80 Å². The van der Waals surface area contributed by atoms with Crippen LogP contribution in [-0.4, -0.2) is 47.0 Å². The highest BCUT2D eigenvalue weighted by molar-refractivity contribution is 7.19. The van der Waals surface area contributed by atoms with E-state index in [1.807, 2.05) is 52.6 Å². The fourth-order valence-electron chi connectivity index (χ4n) is 5.07. The number of piperazine rings is 1. The Morgan fingerprint density at radius 2 is 1.85 bits per heavy atom. The first kappa shape index (κ1) is 20.8. The van der Waals surface area contributed by atoms with Gasteiger partial charge in [0.1, 0.15) is 16.5 Å². The molecule has 0 radical (unpaired) electrons. The van der Waals surface area contributed by atoms with Crippen LogP contribution in [-0.2, 0) is 17.6 Å². The van der Waals surface area contributed by atoms with Crippen LogP contribution in [0.25, 0.3) is 16.3 Å². The van der Waals surface area contributed by atoms with Crippen molar-refractivity contribution in [3.63, 3.8) is 0 Å². The lowest BCUT2D eigenvalue weighted by Crippen LogP contribution is -2.48. The van der Waals surface area contributed by atoms with E-state index in [0.717, 1.165) is 55.7 Å². The Morgan fingerprint density at radius 3 is 2.61 bits per heavy atom. The van der Waals surface area contributed by atoms with E-state index in [4.69, 9.17) is 9.97 Å². The molecule has 1 aliphatic heterocycles. The highest BCUT2D eigenvalue weighted by Gasteiger charge is 2.32. The summed E-state index contributed by atoms with van der Waals surface area (Å²) in [4.78, 5) is 30.0. The summed E-state index contributed by atoms with van der Waals surface area (Å²) in [6.45, 7) is 5.46. The Bertz CT molecular complexity index is 1210. The van der Waals surface area contributed by atoms with Crippen molar-refractivity contribution in [3.05, 3.63) is 58.2 Å². The number of benzene rings is 1. The van der Waals surface area contributed by atoms with Crippen molar-refractivity contribution in [1.29, 1.82) is 0 Å². The molecule has 2 aromatic heterocycles. The zero-order valence-electron chi connectivity index (χ0n) is 19.2. The molecule has 2 aliphatic carbocycles. The molecule has 0 N–H and O–H groups in total. The lowest BCUT2D eigenvalue weighted by molar-refractivity contribution is -0.126. The number of fused-ring (bicyclic) bond motifs is 3. The number of anilines is 1. The first-order chi connectivity index (χ1) is 16.2. The van der Waals surface area contributed by atoms with Gasteiger partial charge in [0.2, 0.25) is 5.91 Å². The van der Waals surface area contributed by atoms with Crippen LogP contribution in [0.3, 0.4) is 0 Å². The number of amides is 1. The first-order valence-electron chi connectivity index (χ1n) is 12.2. The quantitative estimate of drug-likeness (QED) is 0.513. The van der Waals surface area contributed by atoms with Gasteiger partial charge in [-0.15, -0.1) is 11.3 Å². The SMILES string of the molecule is CC1CCc2c(sc3nc(C4CC4)nc(N4CCN(C(=O)/C=C/c5ccccc5)CC4)c23)C1. The average molecular weight is 459 g/mol. The maximum atomic E-state index is 12.8. The van der Waals surface area contributed by atoms with Crippen molar-refractivity contribution < 1.29 is 4.79 Å². The molecular weight excluding hydrogens is 428 g/mol. The fraction of sp³-hybridized carbons (Fsp3) is 0.444. The number of carbonyl (C=O) groups excluding carboxylic acids is 1. The molecule has 1 aromatic carbocycles. The third-order valence-electron chi connectivity index (χ3n) is 7.20. The van der Waals surface area contributed by atoms with E-state index in [2.05, 4.69) is 11.8 Å². The number of aryl methyl sites for hydroxylation is 1. The highest BCUT2D eigenvalue weighted by atomic mass is 32.1. The molecule has 1 saturated heterocycles. The lowest BCUT2D eigenvalue weighted by atomic mass is 9.89. The van der Waals surface area contributed by atoms with Gasteiger partial charge in [-0.3, -0.25) is 4.79 Å². The third-order valence-corrected chi connectivity index (χ3v) is 8.35. The number of carbonyl (C=O) groups is 1. The van der Waals surface area contributed by atoms with Gasteiger partial charge in [-0.25, -0.2) is 9.97 Å². The maximum Gasteiger partial charge on any atom is 0.246 e. The molecule has 170 valence electrons. The number of hydrogen-bond acceptors (Lipinski definition) is 5. The molecule has 5 nitrogen and oxygen atoms in total. The molecule has 1 unspecified atom stereocenters. The minimum Gasteiger partial charge on any atom is -0.352 e. The molecule has 1 saturated carbocycles. The van der Waals surface area contributed by atoms with Crippen molar-refractivity contribution in [3.8, 4) is 0 Å². The van der Waals surface area contributed by atoms with Gasteiger partial charge in [-0.2, -0.15) is 0 Å². The van der Waals surface area contributed by atoms with E-state index in [1.54, 1.807) is 6.08 Å². The number of rotatable bonds is 4. The second kappa shape index (κ2) is 8.56. The summed E-state index contributed by atoms with van der Waals surface area (Å²) in [6, 6.07) is 10.0. The van der Waals surface area contributed by atoms with Crippen LogP contribution in [0.4, 0.5) is 5.82 Å². The predicted octanol–water partition coefficient (Wildman–Crippen LogP) is 5.06. The van der Waals surface area contributed by atoms with Crippen LogP contribution < -0.4 is 4.90 Å². The maximum absolute atomic E-state index is 12.8. The van der Waals surface area contributed by atoms with Crippen molar-refractivity contribution in [2.75, 3.05) is 31.1 Å². The van der Waals surface area contributed by atoms with Gasteiger partial charge in [0.25, 0.3) is 0 Å².